The van der Waals surface area contributed by atoms with Crippen molar-refractivity contribution >= 4 is 34.1 Å². The van der Waals surface area contributed by atoms with Gasteiger partial charge in [0.05, 0.1) is 13.5 Å². The van der Waals surface area contributed by atoms with Gasteiger partial charge in [-0.2, -0.15) is 0 Å². The van der Waals surface area contributed by atoms with E-state index in [1.54, 1.807) is 37.6 Å². The predicted octanol–water partition coefficient (Wildman–Crippen LogP) is 5.04. The highest BCUT2D eigenvalue weighted by Gasteiger charge is 2.18. The van der Waals surface area contributed by atoms with Crippen molar-refractivity contribution < 1.29 is 19.1 Å². The number of aromatic nitrogens is 2. The maximum atomic E-state index is 12.7. The van der Waals surface area contributed by atoms with E-state index in [0.717, 1.165) is 27.9 Å². The second kappa shape index (κ2) is 8.62. The molecule has 0 atom stereocenters. The molecule has 2 aromatic carbocycles. The number of fused-ring (bicyclic) bond motifs is 1. The summed E-state index contributed by atoms with van der Waals surface area (Å²) in [5, 5.41) is 1.92. The molecule has 0 aliphatic carbocycles. The summed E-state index contributed by atoms with van der Waals surface area (Å²) >= 11 is 6.30. The highest BCUT2D eigenvalue weighted by atomic mass is 35.5. The van der Waals surface area contributed by atoms with Crippen molar-refractivity contribution in [1.82, 2.24) is 9.55 Å². The fourth-order valence-electron chi connectivity index (χ4n) is 3.37. The highest BCUT2D eigenvalue weighted by Crippen LogP contribution is 2.30. The largest absolute Gasteiger partial charge is 0.497 e. The average molecular weight is 435 g/mol. The van der Waals surface area contributed by atoms with Gasteiger partial charge in [0.15, 0.2) is 5.78 Å². The summed E-state index contributed by atoms with van der Waals surface area (Å²) in [7, 11) is 1.61. The van der Waals surface area contributed by atoms with Crippen molar-refractivity contribution in [2.24, 2.45) is 0 Å². The first-order valence-corrected chi connectivity index (χ1v) is 9.94. The smallest absolute Gasteiger partial charge is 0.317 e. The van der Waals surface area contributed by atoms with Crippen LogP contribution >= 0.6 is 11.6 Å². The first kappa shape index (κ1) is 20.6. The Morgan fingerprint density at radius 1 is 0.968 bits per heavy atom. The van der Waals surface area contributed by atoms with Crippen LogP contribution in [0.3, 0.4) is 0 Å². The third-order valence-electron chi connectivity index (χ3n) is 4.96. The Hall–Kier alpha value is -3.64. The van der Waals surface area contributed by atoms with E-state index in [9.17, 15) is 9.59 Å². The van der Waals surface area contributed by atoms with Crippen LogP contribution in [0.25, 0.3) is 16.5 Å². The van der Waals surface area contributed by atoms with Crippen LogP contribution in [0, 0.1) is 0 Å². The van der Waals surface area contributed by atoms with E-state index in [2.05, 4.69) is 4.98 Å². The second-order valence-corrected chi connectivity index (χ2v) is 7.30. The SMILES string of the molecule is COc1ccc(-n2cc3c(Cl)nccc3c2CC(=O)Oc2ccc(C(C)=O)cc2)cc1. The monoisotopic (exact) mass is 434 g/mol. The zero-order chi connectivity index (χ0) is 22.0. The van der Waals surface area contributed by atoms with E-state index >= 15 is 0 Å². The molecular formula is C24H19ClN2O4. The van der Waals surface area contributed by atoms with Crippen molar-refractivity contribution in [3.8, 4) is 17.2 Å². The van der Waals surface area contributed by atoms with Crippen molar-refractivity contribution in [2.75, 3.05) is 7.11 Å². The summed E-state index contributed by atoms with van der Waals surface area (Å²) in [4.78, 5) is 28.3. The maximum absolute atomic E-state index is 12.7. The number of methoxy groups -OCH3 is 1. The number of nitrogens with zero attached hydrogens (tertiary/aromatic N) is 2. The minimum absolute atomic E-state index is 0.0182. The summed E-state index contributed by atoms with van der Waals surface area (Å²) in [5.74, 6) is 0.627. The van der Waals surface area contributed by atoms with Crippen LogP contribution in [-0.2, 0) is 11.2 Å². The summed E-state index contributed by atoms with van der Waals surface area (Å²) < 4.78 is 12.6. The number of rotatable bonds is 6. The number of pyridine rings is 1. The molecule has 2 heterocycles. The van der Waals surface area contributed by atoms with Gasteiger partial charge < -0.3 is 14.0 Å². The summed E-state index contributed by atoms with van der Waals surface area (Å²) in [6.07, 6.45) is 3.49. The van der Waals surface area contributed by atoms with Crippen LogP contribution in [0.15, 0.2) is 67.0 Å². The number of halogens is 1. The van der Waals surface area contributed by atoms with Crippen LogP contribution in [0.2, 0.25) is 5.15 Å². The summed E-state index contributed by atoms with van der Waals surface area (Å²) in [6, 6.07) is 15.8. The Morgan fingerprint density at radius 3 is 2.29 bits per heavy atom. The maximum Gasteiger partial charge on any atom is 0.317 e. The number of ketones is 1. The van der Waals surface area contributed by atoms with E-state index in [1.165, 1.54) is 6.92 Å². The molecule has 0 aliphatic heterocycles. The Morgan fingerprint density at radius 2 is 1.65 bits per heavy atom. The van der Waals surface area contributed by atoms with Gasteiger partial charge in [-0.15, -0.1) is 0 Å². The van der Waals surface area contributed by atoms with E-state index < -0.39 is 5.97 Å². The minimum atomic E-state index is -0.432. The van der Waals surface area contributed by atoms with E-state index in [1.807, 2.05) is 41.1 Å². The first-order valence-electron chi connectivity index (χ1n) is 9.57. The van der Waals surface area contributed by atoms with Crippen LogP contribution in [0.4, 0.5) is 0 Å². The molecule has 0 N–H and O–H groups in total. The van der Waals surface area contributed by atoms with Gasteiger partial charge in [-0.05, 0) is 61.5 Å². The van der Waals surface area contributed by atoms with Crippen LogP contribution in [0.5, 0.6) is 11.5 Å². The molecule has 2 aromatic heterocycles. The fourth-order valence-corrected chi connectivity index (χ4v) is 3.58. The van der Waals surface area contributed by atoms with Gasteiger partial charge in [0, 0.05) is 40.1 Å². The fraction of sp³-hybridized carbons (Fsp3) is 0.125. The number of carbonyl (C=O) groups is 2. The van der Waals surface area contributed by atoms with Gasteiger partial charge in [-0.3, -0.25) is 9.59 Å². The lowest BCUT2D eigenvalue weighted by Crippen LogP contribution is -2.14. The molecule has 0 spiro atoms. The summed E-state index contributed by atoms with van der Waals surface area (Å²) in [5.41, 5.74) is 2.14. The van der Waals surface area contributed by atoms with E-state index in [-0.39, 0.29) is 12.2 Å². The molecule has 0 unspecified atom stereocenters. The second-order valence-electron chi connectivity index (χ2n) is 6.94. The number of benzene rings is 2. The molecule has 31 heavy (non-hydrogen) atoms. The first-order chi connectivity index (χ1) is 15.0. The molecular weight excluding hydrogens is 416 g/mol. The number of ether oxygens (including phenoxy) is 2. The number of Topliss-reactive ketones (excluding diaryl/α,β-unsaturated/α-hetero) is 1. The quantitative estimate of drug-likeness (QED) is 0.184. The molecule has 0 saturated carbocycles. The topological polar surface area (TPSA) is 70.4 Å². The molecule has 0 radical (unpaired) electrons. The standard InChI is InChI=1S/C24H19ClN2O4/c1-15(28)16-3-7-19(8-4-16)31-23(29)13-22-20-11-12-26-24(25)21(20)14-27(22)17-5-9-18(30-2)10-6-17/h3-12,14H,13H2,1-2H3. The molecule has 0 aliphatic rings. The third-order valence-corrected chi connectivity index (χ3v) is 5.26. The molecule has 7 heteroatoms. The average Bonchev–Trinajstić information content (AvgIpc) is 3.14. The van der Waals surface area contributed by atoms with Crippen molar-refractivity contribution in [2.45, 2.75) is 13.3 Å². The molecule has 156 valence electrons. The lowest BCUT2D eigenvalue weighted by molar-refractivity contribution is -0.133. The van der Waals surface area contributed by atoms with Gasteiger partial charge >= 0.3 is 5.97 Å². The van der Waals surface area contributed by atoms with E-state index in [0.29, 0.717) is 16.5 Å². The zero-order valence-electron chi connectivity index (χ0n) is 17.0. The molecule has 4 rings (SSSR count). The normalized spacial score (nSPS) is 10.8. The third kappa shape index (κ3) is 4.29. The highest BCUT2D eigenvalue weighted by molar-refractivity contribution is 6.34. The summed E-state index contributed by atoms with van der Waals surface area (Å²) in [6.45, 7) is 1.49. The minimum Gasteiger partial charge on any atom is -0.497 e. The Kier molecular flexibility index (Phi) is 5.73. The molecule has 4 aromatic rings. The van der Waals surface area contributed by atoms with E-state index in [4.69, 9.17) is 21.1 Å². The predicted molar refractivity (Wildman–Crippen MR) is 118 cm³/mol. The molecule has 0 bridgehead atoms. The van der Waals surface area contributed by atoms with Crippen molar-refractivity contribution in [1.29, 1.82) is 0 Å². The molecule has 0 fully saturated rings. The Balaban J connectivity index is 1.67. The number of hydrogen-bond donors (Lipinski definition) is 0. The molecule has 0 saturated heterocycles. The van der Waals surface area contributed by atoms with Crippen molar-refractivity contribution in [3.63, 3.8) is 0 Å². The van der Waals surface area contributed by atoms with Gasteiger partial charge in [0.25, 0.3) is 0 Å². The van der Waals surface area contributed by atoms with Crippen molar-refractivity contribution in [3.05, 3.63) is 83.4 Å². The molecule has 0 amide bonds. The van der Waals surface area contributed by atoms with Crippen LogP contribution in [0.1, 0.15) is 23.0 Å². The Labute approximate surface area is 184 Å². The van der Waals surface area contributed by atoms with Gasteiger partial charge in [-0.1, -0.05) is 11.6 Å². The zero-order valence-corrected chi connectivity index (χ0v) is 17.7. The lowest BCUT2D eigenvalue weighted by Gasteiger charge is -2.11. The van der Waals surface area contributed by atoms with Gasteiger partial charge in [-0.25, -0.2) is 4.98 Å². The van der Waals surface area contributed by atoms with Gasteiger partial charge in [0.1, 0.15) is 16.7 Å². The number of esters is 1. The van der Waals surface area contributed by atoms with Gasteiger partial charge in [0.2, 0.25) is 0 Å². The number of carbonyl (C=O) groups excluding carboxylic acids is 2. The van der Waals surface area contributed by atoms with Crippen LogP contribution in [-0.4, -0.2) is 28.4 Å². The van der Waals surface area contributed by atoms with Crippen LogP contribution < -0.4 is 9.47 Å². The Bertz CT molecular complexity index is 1260. The number of hydrogen-bond acceptors (Lipinski definition) is 5. The lowest BCUT2D eigenvalue weighted by atomic mass is 10.1. The molecule has 6 nitrogen and oxygen atoms in total.